The van der Waals surface area contributed by atoms with Gasteiger partial charge in [0, 0.05) is 5.92 Å². The van der Waals surface area contributed by atoms with Gasteiger partial charge in [-0.25, -0.2) is 0 Å². The van der Waals surface area contributed by atoms with E-state index in [0.717, 1.165) is 42.5 Å². The molecule has 0 fully saturated rings. The molecular formula is C15H19F3. The summed E-state index contributed by atoms with van der Waals surface area (Å²) in [5.41, 5.74) is 1.42. The minimum atomic E-state index is -4.26. The fraction of sp³-hybridized carbons (Fsp3) is 0.467. The van der Waals surface area contributed by atoms with Crippen LogP contribution in [-0.4, -0.2) is 0 Å². The van der Waals surface area contributed by atoms with Gasteiger partial charge in [-0.3, -0.25) is 0 Å². The molecule has 0 N–H and O–H groups in total. The first-order valence-corrected chi connectivity index (χ1v) is 6.25. The molecule has 18 heavy (non-hydrogen) atoms. The van der Waals surface area contributed by atoms with Gasteiger partial charge in [0.2, 0.25) is 0 Å². The van der Waals surface area contributed by atoms with Crippen molar-refractivity contribution < 1.29 is 13.2 Å². The molecule has 0 radical (unpaired) electrons. The van der Waals surface area contributed by atoms with Gasteiger partial charge in [0.1, 0.15) is 0 Å². The van der Waals surface area contributed by atoms with Crippen molar-refractivity contribution in [2.24, 2.45) is 0 Å². The molecule has 1 rings (SSSR count). The highest BCUT2D eigenvalue weighted by Gasteiger charge is 2.30. The molecule has 0 saturated carbocycles. The van der Waals surface area contributed by atoms with Crippen LogP contribution in [0.15, 0.2) is 36.4 Å². The molecule has 0 aliphatic carbocycles. The summed E-state index contributed by atoms with van der Waals surface area (Å²) in [6.45, 7) is 8.15. The Kier molecular flexibility index (Phi) is 5.00. The average molecular weight is 256 g/mol. The first-order valence-electron chi connectivity index (χ1n) is 6.25. The van der Waals surface area contributed by atoms with Gasteiger partial charge in [-0.2, -0.15) is 13.2 Å². The van der Waals surface area contributed by atoms with Crippen molar-refractivity contribution >= 4 is 0 Å². The van der Waals surface area contributed by atoms with Crippen LogP contribution in [0.3, 0.4) is 0 Å². The molecular weight excluding hydrogens is 237 g/mol. The predicted octanol–water partition coefficient (Wildman–Crippen LogP) is 5.56. The first kappa shape index (κ1) is 14.8. The maximum atomic E-state index is 12.5. The van der Waals surface area contributed by atoms with Gasteiger partial charge in [0.05, 0.1) is 5.56 Å². The quantitative estimate of drug-likeness (QED) is 0.605. The highest BCUT2D eigenvalue weighted by molar-refractivity contribution is 5.31. The molecule has 100 valence electrons. The van der Waals surface area contributed by atoms with E-state index in [2.05, 4.69) is 13.5 Å². The molecule has 0 spiro atoms. The molecule has 0 nitrogen and oxygen atoms in total. The Morgan fingerprint density at radius 2 is 1.72 bits per heavy atom. The van der Waals surface area contributed by atoms with Crippen LogP contribution in [-0.2, 0) is 6.18 Å². The molecule has 1 unspecified atom stereocenters. The van der Waals surface area contributed by atoms with Crippen molar-refractivity contribution in [2.75, 3.05) is 0 Å². The van der Waals surface area contributed by atoms with Gasteiger partial charge < -0.3 is 0 Å². The van der Waals surface area contributed by atoms with E-state index in [-0.39, 0.29) is 5.92 Å². The fourth-order valence-corrected chi connectivity index (χ4v) is 2.16. The second kappa shape index (κ2) is 6.07. The van der Waals surface area contributed by atoms with Crippen LogP contribution in [0.1, 0.15) is 50.2 Å². The van der Waals surface area contributed by atoms with E-state index >= 15 is 0 Å². The number of hydrogen-bond acceptors (Lipinski definition) is 0. The van der Waals surface area contributed by atoms with E-state index in [4.69, 9.17) is 0 Å². The van der Waals surface area contributed by atoms with E-state index in [9.17, 15) is 13.2 Å². The summed E-state index contributed by atoms with van der Waals surface area (Å²) in [7, 11) is 0. The summed E-state index contributed by atoms with van der Waals surface area (Å²) in [5.74, 6) is 0.159. The van der Waals surface area contributed by atoms with Crippen LogP contribution in [0.2, 0.25) is 0 Å². The number of halogens is 3. The molecule has 0 aliphatic heterocycles. The molecule has 0 aromatic heterocycles. The lowest BCUT2D eigenvalue weighted by Gasteiger charge is -2.18. The highest BCUT2D eigenvalue weighted by atomic mass is 19.4. The molecule has 3 heteroatoms. The summed E-state index contributed by atoms with van der Waals surface area (Å²) in [4.78, 5) is 0. The SMILES string of the molecule is C=C(CCC)C(CC)c1ccc(C(F)(F)F)cc1. The maximum Gasteiger partial charge on any atom is 0.416 e. The normalized spacial score (nSPS) is 13.4. The molecule has 1 aromatic carbocycles. The largest absolute Gasteiger partial charge is 0.416 e. The fourth-order valence-electron chi connectivity index (χ4n) is 2.16. The van der Waals surface area contributed by atoms with Crippen molar-refractivity contribution in [2.45, 2.75) is 45.2 Å². The summed E-state index contributed by atoms with van der Waals surface area (Å²) in [5, 5.41) is 0. The van der Waals surface area contributed by atoms with Crippen molar-refractivity contribution in [3.05, 3.63) is 47.5 Å². The van der Waals surface area contributed by atoms with Gasteiger partial charge >= 0.3 is 6.18 Å². The van der Waals surface area contributed by atoms with Crippen LogP contribution in [0.4, 0.5) is 13.2 Å². The monoisotopic (exact) mass is 256 g/mol. The minimum absolute atomic E-state index is 0.159. The third-order valence-electron chi connectivity index (χ3n) is 3.11. The third-order valence-corrected chi connectivity index (χ3v) is 3.11. The second-order valence-corrected chi connectivity index (χ2v) is 4.49. The van der Waals surface area contributed by atoms with E-state index in [1.807, 2.05) is 6.92 Å². The van der Waals surface area contributed by atoms with E-state index in [0.29, 0.717) is 0 Å². The number of rotatable bonds is 5. The van der Waals surface area contributed by atoms with Crippen LogP contribution >= 0.6 is 0 Å². The average Bonchev–Trinajstić information content (AvgIpc) is 2.30. The topological polar surface area (TPSA) is 0 Å². The summed E-state index contributed by atoms with van der Waals surface area (Å²) in [6.07, 6.45) is -1.47. The Balaban J connectivity index is 2.92. The smallest absolute Gasteiger partial charge is 0.166 e. The van der Waals surface area contributed by atoms with Crippen molar-refractivity contribution in [3.63, 3.8) is 0 Å². The highest BCUT2D eigenvalue weighted by Crippen LogP contribution is 2.33. The van der Waals surface area contributed by atoms with E-state index < -0.39 is 11.7 Å². The molecule has 0 saturated heterocycles. The summed E-state index contributed by atoms with van der Waals surface area (Å²) >= 11 is 0. The molecule has 1 atom stereocenters. The third kappa shape index (κ3) is 3.62. The first-order chi connectivity index (χ1) is 8.40. The zero-order valence-corrected chi connectivity index (χ0v) is 10.8. The van der Waals surface area contributed by atoms with Gasteiger partial charge in [-0.15, -0.1) is 0 Å². The van der Waals surface area contributed by atoms with E-state index in [1.165, 1.54) is 0 Å². The number of allylic oxidation sites excluding steroid dienone is 1. The molecule has 0 bridgehead atoms. The van der Waals surface area contributed by atoms with Gasteiger partial charge in [-0.1, -0.05) is 44.6 Å². The Morgan fingerprint density at radius 1 is 1.17 bits per heavy atom. The molecule has 1 aromatic rings. The van der Waals surface area contributed by atoms with Crippen molar-refractivity contribution in [1.82, 2.24) is 0 Å². The zero-order chi connectivity index (χ0) is 13.8. The Morgan fingerprint density at radius 3 is 2.11 bits per heavy atom. The van der Waals surface area contributed by atoms with Gasteiger partial charge in [0.15, 0.2) is 0 Å². The Hall–Kier alpha value is -1.25. The number of hydrogen-bond donors (Lipinski definition) is 0. The lowest BCUT2D eigenvalue weighted by Crippen LogP contribution is -2.06. The minimum Gasteiger partial charge on any atom is -0.166 e. The standard InChI is InChI=1S/C15H19F3/c1-4-6-11(3)14(5-2)12-7-9-13(10-8-12)15(16,17)18/h7-10,14H,3-6H2,1-2H3. The Bertz CT molecular complexity index is 387. The number of alkyl halides is 3. The lowest BCUT2D eigenvalue weighted by molar-refractivity contribution is -0.137. The summed E-state index contributed by atoms with van der Waals surface area (Å²) in [6, 6.07) is 5.43. The lowest BCUT2D eigenvalue weighted by atomic mass is 9.87. The van der Waals surface area contributed by atoms with Crippen molar-refractivity contribution in [1.29, 1.82) is 0 Å². The van der Waals surface area contributed by atoms with Crippen LogP contribution < -0.4 is 0 Å². The van der Waals surface area contributed by atoms with Gasteiger partial charge in [0.25, 0.3) is 0 Å². The summed E-state index contributed by atoms with van der Waals surface area (Å²) < 4.78 is 37.4. The molecule has 0 amide bonds. The van der Waals surface area contributed by atoms with Crippen LogP contribution in [0, 0.1) is 0 Å². The van der Waals surface area contributed by atoms with Crippen molar-refractivity contribution in [3.8, 4) is 0 Å². The van der Waals surface area contributed by atoms with Gasteiger partial charge in [-0.05, 0) is 30.5 Å². The molecule has 0 heterocycles. The number of benzene rings is 1. The van der Waals surface area contributed by atoms with Crippen LogP contribution in [0.5, 0.6) is 0 Å². The Labute approximate surface area is 107 Å². The zero-order valence-electron chi connectivity index (χ0n) is 10.8. The maximum absolute atomic E-state index is 12.5. The second-order valence-electron chi connectivity index (χ2n) is 4.49. The van der Waals surface area contributed by atoms with Crippen LogP contribution in [0.25, 0.3) is 0 Å². The molecule has 0 aliphatic rings. The van der Waals surface area contributed by atoms with E-state index in [1.54, 1.807) is 12.1 Å². The predicted molar refractivity (Wildman–Crippen MR) is 68.5 cm³/mol.